The number of alkyl halides is 2. The first kappa shape index (κ1) is 26.9. The van der Waals surface area contributed by atoms with Gasteiger partial charge < -0.3 is 15.3 Å². The molecule has 2 N–H and O–H groups in total. The van der Waals surface area contributed by atoms with Gasteiger partial charge in [-0.05, 0) is 67.8 Å². The van der Waals surface area contributed by atoms with Gasteiger partial charge in [0.15, 0.2) is 5.69 Å². The van der Waals surface area contributed by atoms with E-state index in [0.717, 1.165) is 27.8 Å². The molecule has 38 heavy (non-hydrogen) atoms. The molecule has 0 aliphatic carbocycles. The van der Waals surface area contributed by atoms with E-state index in [0.29, 0.717) is 21.7 Å². The van der Waals surface area contributed by atoms with Crippen LogP contribution in [0.25, 0.3) is 22.5 Å². The summed E-state index contributed by atoms with van der Waals surface area (Å²) in [6.45, 7) is 9.11. The Labute approximate surface area is 220 Å². The third-order valence-corrected chi connectivity index (χ3v) is 6.69. The molecule has 198 valence electrons. The van der Waals surface area contributed by atoms with E-state index in [9.17, 15) is 18.8 Å². The van der Waals surface area contributed by atoms with Crippen LogP contribution in [0.4, 0.5) is 14.5 Å². The van der Waals surface area contributed by atoms with Crippen LogP contribution in [-0.4, -0.2) is 18.0 Å². The van der Waals surface area contributed by atoms with Crippen molar-refractivity contribution in [1.29, 1.82) is 0 Å². The highest BCUT2D eigenvalue weighted by Gasteiger charge is 2.30. The lowest BCUT2D eigenvalue weighted by molar-refractivity contribution is -0.594. The fourth-order valence-electron chi connectivity index (χ4n) is 4.88. The zero-order chi connectivity index (χ0) is 27.8. The van der Waals surface area contributed by atoms with Crippen molar-refractivity contribution < 1.29 is 23.0 Å². The number of halogens is 2. The molecular weight excluding hydrogens is 488 g/mol. The number of nitrogens with zero attached hydrogens (tertiary/aromatic N) is 1. The van der Waals surface area contributed by atoms with E-state index in [1.807, 2.05) is 26.8 Å². The molecule has 0 spiro atoms. The maximum absolute atomic E-state index is 14.1. The Morgan fingerprint density at radius 2 is 1.74 bits per heavy atom. The molecule has 0 saturated heterocycles. The summed E-state index contributed by atoms with van der Waals surface area (Å²) in [5.41, 5.74) is 5.89. The number of ether oxygens (including phenoxy) is 1. The first-order valence-electron chi connectivity index (χ1n) is 12.3. The number of hydrogen-bond acceptors (Lipinski definition) is 3. The van der Waals surface area contributed by atoms with Crippen LogP contribution in [0.5, 0.6) is 5.75 Å². The number of anilines is 1. The van der Waals surface area contributed by atoms with Crippen LogP contribution in [0.15, 0.2) is 54.6 Å². The van der Waals surface area contributed by atoms with Gasteiger partial charge in [0, 0.05) is 30.2 Å². The quantitative estimate of drug-likeness (QED) is 0.204. The number of H-pyrrole nitrogens is 1. The van der Waals surface area contributed by atoms with E-state index >= 15 is 0 Å². The summed E-state index contributed by atoms with van der Waals surface area (Å²) in [4.78, 5) is 16.1. The highest BCUT2D eigenvalue weighted by molar-refractivity contribution is 6.02. The smallest absolute Gasteiger partial charge is 0.300 e. The molecule has 3 aromatic carbocycles. The van der Waals surface area contributed by atoms with Crippen molar-refractivity contribution in [2.75, 3.05) is 12.4 Å². The second-order valence-corrected chi connectivity index (χ2v) is 9.52. The zero-order valence-corrected chi connectivity index (χ0v) is 22.3. The lowest BCUT2D eigenvalue weighted by Crippen LogP contribution is -2.36. The predicted molar refractivity (Wildman–Crippen MR) is 145 cm³/mol. The molecule has 0 bridgehead atoms. The Bertz CT molecular complexity index is 1500. The SMILES string of the molecule is CCC(F)(F)c1cccc(NC(=O)c2c(C)[nH]c(-c3ccc(OC)c(-c4c(C)cc(C)cc4C)c3)[n+]2[O-])c1. The molecule has 1 amide bonds. The van der Waals surface area contributed by atoms with Gasteiger partial charge in [0.05, 0.1) is 12.7 Å². The zero-order valence-electron chi connectivity index (χ0n) is 22.3. The van der Waals surface area contributed by atoms with Crippen molar-refractivity contribution in [2.45, 2.75) is 47.0 Å². The van der Waals surface area contributed by atoms with E-state index in [2.05, 4.69) is 22.4 Å². The highest BCUT2D eigenvalue weighted by atomic mass is 19.3. The average Bonchev–Trinajstić information content (AvgIpc) is 3.17. The Balaban J connectivity index is 1.73. The Morgan fingerprint density at radius 1 is 1.05 bits per heavy atom. The lowest BCUT2D eigenvalue weighted by Gasteiger charge is -2.16. The van der Waals surface area contributed by atoms with Crippen molar-refractivity contribution in [3.05, 3.63) is 93.4 Å². The number of amides is 1. The first-order valence-corrected chi connectivity index (χ1v) is 12.3. The molecule has 8 heteroatoms. The summed E-state index contributed by atoms with van der Waals surface area (Å²) in [6, 6.07) is 15.1. The van der Waals surface area contributed by atoms with Gasteiger partial charge in [0.1, 0.15) is 5.75 Å². The first-order chi connectivity index (χ1) is 18.0. The number of carbonyl (C=O) groups excluding carboxylic acids is 1. The molecular formula is C30H31F2N3O3. The van der Waals surface area contributed by atoms with Crippen molar-refractivity contribution in [3.63, 3.8) is 0 Å². The van der Waals surface area contributed by atoms with E-state index < -0.39 is 11.8 Å². The largest absolute Gasteiger partial charge is 0.710 e. The third kappa shape index (κ3) is 4.98. The minimum Gasteiger partial charge on any atom is -0.710 e. The second kappa shape index (κ2) is 10.3. The van der Waals surface area contributed by atoms with E-state index in [-0.39, 0.29) is 29.2 Å². The topological polar surface area (TPSA) is 81.1 Å². The van der Waals surface area contributed by atoms with Gasteiger partial charge in [-0.2, -0.15) is 0 Å². The number of imidazole rings is 1. The van der Waals surface area contributed by atoms with Crippen molar-refractivity contribution in [3.8, 4) is 28.3 Å². The standard InChI is InChI=1S/C30H31F2N3O3/c1-7-30(31,32)22-9-8-10-23(16-22)34-29(36)27-20(5)33-28(35(27)37)21-11-12-25(38-6)24(15-21)26-18(3)13-17(2)14-19(26)4/h8-16,33H,7H2,1-6H3,(H,34,36). The number of methoxy groups -OCH3 is 1. The van der Waals surface area contributed by atoms with Gasteiger partial charge in [-0.15, -0.1) is 0 Å². The van der Waals surface area contributed by atoms with Gasteiger partial charge in [-0.1, -0.05) is 36.8 Å². The molecule has 0 aliphatic rings. The van der Waals surface area contributed by atoms with Crippen LogP contribution >= 0.6 is 0 Å². The van der Waals surface area contributed by atoms with Crippen molar-refractivity contribution in [1.82, 2.24) is 4.98 Å². The van der Waals surface area contributed by atoms with Crippen molar-refractivity contribution >= 4 is 11.6 Å². The summed E-state index contributed by atoms with van der Waals surface area (Å²) in [5, 5.41) is 15.9. The Hall–Kier alpha value is -4.20. The molecule has 0 radical (unpaired) electrons. The predicted octanol–water partition coefficient (Wildman–Crippen LogP) is 6.98. The molecule has 1 heterocycles. The minimum absolute atomic E-state index is 0.146. The van der Waals surface area contributed by atoms with Crippen molar-refractivity contribution in [2.24, 2.45) is 0 Å². The molecule has 0 aliphatic heterocycles. The fraction of sp³-hybridized carbons (Fsp3) is 0.267. The fourth-order valence-corrected chi connectivity index (χ4v) is 4.88. The summed E-state index contributed by atoms with van der Waals surface area (Å²) in [6.07, 6.45) is -0.364. The molecule has 4 aromatic rings. The number of benzene rings is 3. The van der Waals surface area contributed by atoms with Gasteiger partial charge >= 0.3 is 0 Å². The molecule has 0 saturated carbocycles. The van der Waals surface area contributed by atoms with Crippen LogP contribution in [-0.2, 0) is 5.92 Å². The minimum atomic E-state index is -3.02. The normalized spacial score (nSPS) is 11.5. The van der Waals surface area contributed by atoms with Crippen LogP contribution in [0, 0.1) is 32.9 Å². The molecule has 0 unspecified atom stereocenters. The van der Waals surface area contributed by atoms with Crippen LogP contribution < -0.4 is 14.8 Å². The third-order valence-electron chi connectivity index (χ3n) is 6.69. The van der Waals surface area contributed by atoms with Gasteiger partial charge in [0.2, 0.25) is 5.69 Å². The summed E-state index contributed by atoms with van der Waals surface area (Å²) in [5.74, 6) is -2.87. The second-order valence-electron chi connectivity index (χ2n) is 9.52. The monoisotopic (exact) mass is 519 g/mol. The van der Waals surface area contributed by atoms with Gasteiger partial charge in [0.25, 0.3) is 17.7 Å². The summed E-state index contributed by atoms with van der Waals surface area (Å²) >= 11 is 0. The number of aromatic nitrogens is 2. The van der Waals surface area contributed by atoms with Crippen LogP contribution in [0.2, 0.25) is 0 Å². The number of rotatable bonds is 7. The number of hydrogen-bond donors (Lipinski definition) is 2. The highest BCUT2D eigenvalue weighted by Crippen LogP contribution is 2.38. The average molecular weight is 520 g/mol. The van der Waals surface area contributed by atoms with Gasteiger partial charge in [-0.25, -0.2) is 18.5 Å². The molecule has 0 atom stereocenters. The molecule has 1 aromatic heterocycles. The maximum Gasteiger partial charge on any atom is 0.300 e. The lowest BCUT2D eigenvalue weighted by atomic mass is 9.92. The molecule has 0 fully saturated rings. The maximum atomic E-state index is 14.1. The van der Waals surface area contributed by atoms with E-state index in [4.69, 9.17) is 4.74 Å². The number of aryl methyl sites for hydroxylation is 4. The van der Waals surface area contributed by atoms with E-state index in [1.165, 1.54) is 31.2 Å². The van der Waals surface area contributed by atoms with Crippen LogP contribution in [0.1, 0.15) is 51.8 Å². The Morgan fingerprint density at radius 3 is 2.37 bits per heavy atom. The number of nitrogens with one attached hydrogen (secondary N) is 2. The van der Waals surface area contributed by atoms with Gasteiger partial charge in [-0.3, -0.25) is 4.79 Å². The number of aromatic amines is 1. The van der Waals surface area contributed by atoms with E-state index in [1.54, 1.807) is 26.2 Å². The Kier molecular flexibility index (Phi) is 7.26. The van der Waals surface area contributed by atoms with Crippen LogP contribution in [0.3, 0.4) is 0 Å². The number of carbonyl (C=O) groups is 1. The summed E-state index contributed by atoms with van der Waals surface area (Å²) in [7, 11) is 1.59. The molecule has 6 nitrogen and oxygen atoms in total. The molecule has 4 rings (SSSR count). The summed E-state index contributed by atoms with van der Waals surface area (Å²) < 4.78 is 34.4.